The van der Waals surface area contributed by atoms with E-state index in [9.17, 15) is 0 Å². The zero-order valence-electron chi connectivity index (χ0n) is 2.29. The van der Waals surface area contributed by atoms with Gasteiger partial charge in [0.25, 0.3) is 0 Å². The molecule has 46 valence electrons. The molecular weight excluding hydrogens is 131 g/mol. The molecule has 0 heterocycles. The van der Waals surface area contributed by atoms with E-state index in [0.717, 1.165) is 0 Å². The largest absolute Gasteiger partial charge is 0.668 e. The first-order valence-electron chi connectivity index (χ1n) is 0.894. The Hall–Kier alpha value is 0.339. The van der Waals surface area contributed by atoms with E-state index in [1.165, 1.54) is 0 Å². The summed E-state index contributed by atoms with van der Waals surface area (Å²) in [5, 5.41) is 0. The van der Waals surface area contributed by atoms with Crippen molar-refractivity contribution in [2.75, 3.05) is 0 Å². The van der Waals surface area contributed by atoms with Crippen molar-refractivity contribution in [3.8, 4) is 0 Å². The van der Waals surface area contributed by atoms with Crippen LogP contribution in [0.15, 0.2) is 0 Å². The van der Waals surface area contributed by atoms with Crippen molar-refractivity contribution >= 4 is 28.4 Å². The van der Waals surface area contributed by atoms with Crippen LogP contribution in [-0.4, -0.2) is 47.6 Å². The van der Waals surface area contributed by atoms with Gasteiger partial charge in [0.05, 0.1) is 8.41 Å². The molecule has 4 N–H and O–H groups in total. The average molecular weight is 142 g/mol. The van der Waals surface area contributed by atoms with Gasteiger partial charge in [0, 0.05) is 0 Å². The highest BCUT2D eigenvalue weighted by Crippen LogP contribution is 1.67. The summed E-state index contributed by atoms with van der Waals surface area (Å²) >= 11 is 0. The second-order valence-electron chi connectivity index (χ2n) is 0.600. The van der Waals surface area contributed by atoms with Crippen LogP contribution in [0.1, 0.15) is 0 Å². The van der Waals surface area contributed by atoms with E-state index in [2.05, 4.69) is 0 Å². The van der Waals surface area contributed by atoms with Gasteiger partial charge in [-0.1, -0.05) is 0 Å². The fraction of sp³-hybridized carbons (Fsp3) is 0. The van der Waals surface area contributed by atoms with E-state index in [0.29, 0.717) is 0 Å². The van der Waals surface area contributed by atoms with Crippen molar-refractivity contribution in [3.63, 3.8) is 0 Å². The van der Waals surface area contributed by atoms with Crippen molar-refractivity contribution in [3.05, 3.63) is 0 Å². The first-order valence-corrected chi connectivity index (χ1v) is 2.68. The molecular formula is H11BO4Si2. The van der Waals surface area contributed by atoms with Crippen molar-refractivity contribution in [1.29, 1.82) is 0 Å². The van der Waals surface area contributed by atoms with Crippen molar-refractivity contribution < 1.29 is 19.2 Å². The zero-order valence-corrected chi connectivity index (χ0v) is 3.29. The van der Waals surface area contributed by atoms with E-state index in [1.54, 1.807) is 0 Å². The minimum absolute atomic E-state index is 0. The second kappa shape index (κ2) is 4.50. The second-order valence-corrected chi connectivity index (χ2v) is 1.80. The predicted octanol–water partition coefficient (Wildman–Crippen LogP) is -5.24. The number of hydrogen-bond acceptors (Lipinski definition) is 4. The lowest BCUT2D eigenvalue weighted by Gasteiger charge is -1.91. The third-order valence-electron chi connectivity index (χ3n) is 0. The summed E-state index contributed by atoms with van der Waals surface area (Å²) in [6, 6.07) is 0. The molecule has 0 rings (SSSR count). The molecule has 0 aliphatic heterocycles. The molecule has 4 nitrogen and oxygen atoms in total. The highest BCUT2D eigenvalue weighted by molar-refractivity contribution is 6.46. The smallest absolute Gasteiger partial charge is 0.368 e. The normalized spacial score (nSPS) is 8.57. The van der Waals surface area contributed by atoms with Gasteiger partial charge in [-0.25, -0.2) is 0 Å². The average Bonchev–Trinajstić information content (AvgIpc) is 0.722. The van der Waals surface area contributed by atoms with Crippen LogP contribution < -0.4 is 0 Å². The van der Waals surface area contributed by atoms with E-state index in [4.69, 9.17) is 19.2 Å². The van der Waals surface area contributed by atoms with Gasteiger partial charge >= 0.3 is 9.05 Å². The first-order chi connectivity index (χ1) is 2.00. The summed E-state index contributed by atoms with van der Waals surface area (Å²) in [5.41, 5.74) is 0. The molecule has 0 aromatic heterocycles. The van der Waals surface area contributed by atoms with Gasteiger partial charge in [-0.3, -0.25) is 0 Å². The van der Waals surface area contributed by atoms with Crippen molar-refractivity contribution in [2.45, 2.75) is 0 Å². The topological polar surface area (TPSA) is 80.9 Å². The Morgan fingerprint density at radius 2 is 0.857 bits per heavy atom. The number of rotatable bonds is 0. The maximum absolute atomic E-state index is 7.33. The molecule has 0 aliphatic carbocycles. The SMILES string of the molecule is B.O[Si](O)(O)O.[SiH4]. The van der Waals surface area contributed by atoms with Crippen molar-refractivity contribution in [2.24, 2.45) is 0 Å². The molecule has 7 heavy (non-hydrogen) atoms. The van der Waals surface area contributed by atoms with Gasteiger partial charge in [-0.2, -0.15) is 0 Å². The molecule has 0 aromatic rings. The van der Waals surface area contributed by atoms with Gasteiger partial charge in [-0.05, 0) is 11.0 Å². The molecule has 0 saturated heterocycles. The van der Waals surface area contributed by atoms with Gasteiger partial charge < -0.3 is 19.2 Å². The van der Waals surface area contributed by atoms with E-state index < -0.39 is 9.05 Å². The highest BCUT2D eigenvalue weighted by Gasteiger charge is 2.22. The Morgan fingerprint density at radius 3 is 0.857 bits per heavy atom. The Labute approximate surface area is 48.5 Å². The Balaban J connectivity index is -0.0000000800. The Morgan fingerprint density at radius 1 is 0.857 bits per heavy atom. The van der Waals surface area contributed by atoms with Gasteiger partial charge in [-0.15, -0.1) is 0 Å². The lowest BCUT2D eigenvalue weighted by atomic mass is 10.8. The number of hydrogen-bond donors (Lipinski definition) is 4. The molecule has 0 spiro atoms. The Bertz CT molecular complexity index is 25.2. The fourth-order valence-electron chi connectivity index (χ4n) is 0. The molecule has 0 fully saturated rings. The van der Waals surface area contributed by atoms with E-state index >= 15 is 0 Å². The summed E-state index contributed by atoms with van der Waals surface area (Å²) in [5.74, 6) is 0. The minimum atomic E-state index is -4.61. The van der Waals surface area contributed by atoms with Gasteiger partial charge in [0.2, 0.25) is 0 Å². The third kappa shape index (κ3) is 1040. The predicted molar refractivity (Wildman–Crippen MR) is 35.9 cm³/mol. The fourth-order valence-corrected chi connectivity index (χ4v) is 0. The lowest BCUT2D eigenvalue weighted by molar-refractivity contribution is 0.117. The van der Waals surface area contributed by atoms with Crippen LogP contribution in [0.4, 0.5) is 0 Å². The summed E-state index contributed by atoms with van der Waals surface area (Å²) in [6.45, 7) is 0. The molecule has 0 unspecified atom stereocenters. The maximum atomic E-state index is 7.33. The van der Waals surface area contributed by atoms with Crippen LogP contribution >= 0.6 is 0 Å². The maximum Gasteiger partial charge on any atom is 0.668 e. The molecule has 0 aromatic carbocycles. The van der Waals surface area contributed by atoms with Crippen LogP contribution in [-0.2, 0) is 0 Å². The van der Waals surface area contributed by atoms with Gasteiger partial charge in [0.1, 0.15) is 0 Å². The molecule has 0 atom stereocenters. The lowest BCUT2D eigenvalue weighted by Crippen LogP contribution is -2.33. The third-order valence-corrected chi connectivity index (χ3v) is 0. The van der Waals surface area contributed by atoms with Crippen molar-refractivity contribution in [1.82, 2.24) is 0 Å². The molecule has 0 aliphatic rings. The summed E-state index contributed by atoms with van der Waals surface area (Å²) in [6.07, 6.45) is 0. The van der Waals surface area contributed by atoms with Crippen LogP contribution in [0.25, 0.3) is 0 Å². The quantitative estimate of drug-likeness (QED) is 0.255. The molecule has 0 radical (unpaired) electrons. The molecule has 0 saturated carbocycles. The van der Waals surface area contributed by atoms with Crippen LogP contribution in [0.5, 0.6) is 0 Å². The molecule has 7 heteroatoms. The molecule has 0 amide bonds. The van der Waals surface area contributed by atoms with Crippen LogP contribution in [0.3, 0.4) is 0 Å². The van der Waals surface area contributed by atoms with E-state index in [1.807, 2.05) is 0 Å². The minimum Gasteiger partial charge on any atom is -0.368 e. The summed E-state index contributed by atoms with van der Waals surface area (Å²) in [4.78, 5) is 29.3. The standard InChI is InChI=1S/BH3.H4O4Si.H4Si/c;1-5(2,3)4;/h1H3;1-4H;1H4. The summed E-state index contributed by atoms with van der Waals surface area (Å²) in [7, 11) is -4.61. The van der Waals surface area contributed by atoms with E-state index in [-0.39, 0.29) is 19.4 Å². The first kappa shape index (κ1) is 15.7. The van der Waals surface area contributed by atoms with Crippen LogP contribution in [0.2, 0.25) is 0 Å². The summed E-state index contributed by atoms with van der Waals surface area (Å²) < 4.78 is 0. The van der Waals surface area contributed by atoms with Gasteiger partial charge in [0.15, 0.2) is 0 Å². The monoisotopic (exact) mass is 142 g/mol. The van der Waals surface area contributed by atoms with Crippen LogP contribution in [0, 0.1) is 0 Å². The Kier molecular flexibility index (Phi) is 10.1. The highest BCUT2D eigenvalue weighted by atomic mass is 28.4. The molecule has 0 bridgehead atoms. The zero-order chi connectivity index (χ0) is 4.50.